The Balaban J connectivity index is 1.94. The van der Waals surface area contributed by atoms with Gasteiger partial charge in [-0.25, -0.2) is 0 Å². The molecule has 6 heteroatoms. The van der Waals surface area contributed by atoms with Gasteiger partial charge in [0.15, 0.2) is 5.11 Å². The van der Waals surface area contributed by atoms with E-state index in [2.05, 4.69) is 10.6 Å². The topological polar surface area (TPSA) is 41.1 Å². The highest BCUT2D eigenvalue weighted by Crippen LogP contribution is 2.21. The minimum atomic E-state index is -0.322. The second-order valence-electron chi connectivity index (χ2n) is 4.53. The quantitative estimate of drug-likeness (QED) is 0.820. The number of nitrogens with one attached hydrogen (secondary N) is 2. The fraction of sp³-hybridized carbons (Fsp3) is 0.385. The molecule has 0 aromatic heterocycles. The average Bonchev–Trinajstić information content (AvgIpc) is 2.81. The Bertz CT molecular complexity index is 501. The van der Waals surface area contributed by atoms with Crippen molar-refractivity contribution in [1.29, 1.82) is 0 Å². The molecule has 3 nitrogen and oxygen atoms in total. The van der Waals surface area contributed by atoms with Crippen molar-refractivity contribution in [3.63, 3.8) is 0 Å². The molecule has 1 aliphatic carbocycles. The Labute approximate surface area is 127 Å². The van der Waals surface area contributed by atoms with Crippen LogP contribution in [0, 0.1) is 0 Å². The highest BCUT2D eigenvalue weighted by atomic mass is 35.5. The standard InChI is InChI=1S/C13H14Cl2N2OS/c14-8-5-6-10(11(15)7-8)12(18)17-13(19)16-9-3-1-2-4-9/h5-7,9H,1-4H2,(H2,16,17,18,19). The molecule has 0 spiro atoms. The van der Waals surface area contributed by atoms with Crippen LogP contribution < -0.4 is 10.6 Å². The molecule has 0 bridgehead atoms. The van der Waals surface area contributed by atoms with E-state index in [1.807, 2.05) is 0 Å². The first kappa shape index (κ1) is 14.6. The zero-order valence-corrected chi connectivity index (χ0v) is 12.5. The number of hydrogen-bond donors (Lipinski definition) is 2. The monoisotopic (exact) mass is 316 g/mol. The molecular formula is C13H14Cl2N2OS. The molecule has 2 N–H and O–H groups in total. The van der Waals surface area contributed by atoms with Crippen molar-refractivity contribution < 1.29 is 4.79 Å². The van der Waals surface area contributed by atoms with Crippen LogP contribution in [0.15, 0.2) is 18.2 Å². The van der Waals surface area contributed by atoms with Crippen LogP contribution in [0.4, 0.5) is 0 Å². The third-order valence-electron chi connectivity index (χ3n) is 3.09. The Morgan fingerprint density at radius 3 is 2.58 bits per heavy atom. The first-order valence-corrected chi connectivity index (χ1v) is 7.29. The van der Waals surface area contributed by atoms with E-state index in [-0.39, 0.29) is 5.91 Å². The molecule has 0 aliphatic heterocycles. The summed E-state index contributed by atoms with van der Waals surface area (Å²) in [5, 5.41) is 6.94. The molecule has 1 aromatic rings. The van der Waals surface area contributed by atoms with Crippen molar-refractivity contribution >= 4 is 46.4 Å². The normalized spacial score (nSPS) is 15.3. The highest BCUT2D eigenvalue weighted by molar-refractivity contribution is 7.80. The van der Waals surface area contributed by atoms with Gasteiger partial charge in [0.2, 0.25) is 0 Å². The van der Waals surface area contributed by atoms with Gasteiger partial charge in [-0.2, -0.15) is 0 Å². The second-order valence-corrected chi connectivity index (χ2v) is 5.79. The third-order valence-corrected chi connectivity index (χ3v) is 3.86. The minimum Gasteiger partial charge on any atom is -0.360 e. The molecule has 1 saturated carbocycles. The van der Waals surface area contributed by atoms with E-state index < -0.39 is 0 Å². The van der Waals surface area contributed by atoms with Gasteiger partial charge in [0, 0.05) is 11.1 Å². The number of carbonyl (C=O) groups is 1. The molecule has 1 aromatic carbocycles. The van der Waals surface area contributed by atoms with E-state index >= 15 is 0 Å². The molecule has 2 rings (SSSR count). The predicted octanol–water partition coefficient (Wildman–Crippen LogP) is 3.54. The molecule has 1 aliphatic rings. The van der Waals surface area contributed by atoms with Crippen LogP contribution >= 0.6 is 35.4 Å². The maximum absolute atomic E-state index is 12.0. The summed E-state index contributed by atoms with van der Waals surface area (Å²) in [5.74, 6) is -0.322. The lowest BCUT2D eigenvalue weighted by atomic mass is 10.2. The number of halogens is 2. The Morgan fingerprint density at radius 1 is 1.26 bits per heavy atom. The van der Waals surface area contributed by atoms with Crippen molar-refractivity contribution in [1.82, 2.24) is 10.6 Å². The second kappa shape index (κ2) is 6.55. The van der Waals surface area contributed by atoms with E-state index in [1.165, 1.54) is 18.9 Å². The van der Waals surface area contributed by atoms with E-state index in [4.69, 9.17) is 35.4 Å². The van der Waals surface area contributed by atoms with Crippen LogP contribution in [-0.4, -0.2) is 17.1 Å². The molecule has 19 heavy (non-hydrogen) atoms. The molecule has 0 saturated heterocycles. The summed E-state index contributed by atoms with van der Waals surface area (Å²) < 4.78 is 0. The zero-order valence-electron chi connectivity index (χ0n) is 10.2. The summed E-state index contributed by atoms with van der Waals surface area (Å²) in [6, 6.07) is 5.10. The molecular weight excluding hydrogens is 303 g/mol. The largest absolute Gasteiger partial charge is 0.360 e. The van der Waals surface area contributed by atoms with Crippen molar-refractivity contribution in [3.05, 3.63) is 33.8 Å². The van der Waals surface area contributed by atoms with Gasteiger partial charge >= 0.3 is 0 Å². The fourth-order valence-corrected chi connectivity index (χ4v) is 2.89. The van der Waals surface area contributed by atoms with E-state index in [0.29, 0.717) is 26.8 Å². The lowest BCUT2D eigenvalue weighted by molar-refractivity contribution is 0.0976. The van der Waals surface area contributed by atoms with E-state index in [0.717, 1.165) is 12.8 Å². The predicted molar refractivity (Wildman–Crippen MR) is 81.9 cm³/mol. The summed E-state index contributed by atoms with van der Waals surface area (Å²) in [6.45, 7) is 0. The summed E-state index contributed by atoms with van der Waals surface area (Å²) in [4.78, 5) is 12.0. The summed E-state index contributed by atoms with van der Waals surface area (Å²) in [6.07, 6.45) is 4.60. The van der Waals surface area contributed by atoms with Crippen molar-refractivity contribution in [2.24, 2.45) is 0 Å². The van der Waals surface area contributed by atoms with Gasteiger partial charge in [-0.15, -0.1) is 0 Å². The SMILES string of the molecule is O=C(NC(=S)NC1CCCC1)c1ccc(Cl)cc1Cl. The third kappa shape index (κ3) is 4.06. The smallest absolute Gasteiger partial charge is 0.258 e. The molecule has 0 atom stereocenters. The molecule has 102 valence electrons. The van der Waals surface area contributed by atoms with Gasteiger partial charge in [-0.1, -0.05) is 36.0 Å². The van der Waals surface area contributed by atoms with Gasteiger partial charge in [-0.05, 0) is 43.3 Å². The van der Waals surface area contributed by atoms with Crippen LogP contribution in [0.2, 0.25) is 10.0 Å². The van der Waals surface area contributed by atoms with Gasteiger partial charge < -0.3 is 5.32 Å². The average molecular weight is 317 g/mol. The van der Waals surface area contributed by atoms with E-state index in [1.54, 1.807) is 12.1 Å². The van der Waals surface area contributed by atoms with Crippen molar-refractivity contribution in [2.45, 2.75) is 31.7 Å². The fourth-order valence-electron chi connectivity index (χ4n) is 2.14. The van der Waals surface area contributed by atoms with Gasteiger partial charge in [0.25, 0.3) is 5.91 Å². The number of rotatable bonds is 2. The maximum atomic E-state index is 12.0. The lowest BCUT2D eigenvalue weighted by Gasteiger charge is -2.15. The number of amides is 1. The number of benzene rings is 1. The molecule has 0 heterocycles. The molecule has 0 radical (unpaired) electrons. The number of thiocarbonyl (C=S) groups is 1. The van der Waals surface area contributed by atoms with Crippen molar-refractivity contribution in [3.8, 4) is 0 Å². The van der Waals surface area contributed by atoms with Gasteiger partial charge in [0.05, 0.1) is 10.6 Å². The summed E-state index contributed by atoms with van der Waals surface area (Å²) in [5.41, 5.74) is 0.363. The van der Waals surface area contributed by atoms with Crippen LogP contribution in [0.5, 0.6) is 0 Å². The van der Waals surface area contributed by atoms with Crippen LogP contribution in [0.3, 0.4) is 0 Å². The lowest BCUT2D eigenvalue weighted by Crippen LogP contribution is -2.43. The first-order valence-electron chi connectivity index (χ1n) is 6.13. The minimum absolute atomic E-state index is 0.314. The summed E-state index contributed by atoms with van der Waals surface area (Å²) in [7, 11) is 0. The Kier molecular flexibility index (Phi) is 5.02. The first-order chi connectivity index (χ1) is 9.06. The molecule has 1 fully saturated rings. The Hall–Kier alpha value is -0.840. The van der Waals surface area contributed by atoms with Crippen molar-refractivity contribution in [2.75, 3.05) is 0 Å². The Morgan fingerprint density at radius 2 is 1.95 bits per heavy atom. The summed E-state index contributed by atoms with van der Waals surface area (Å²) >= 11 is 16.9. The van der Waals surface area contributed by atoms with Crippen LogP contribution in [0.25, 0.3) is 0 Å². The van der Waals surface area contributed by atoms with Crippen LogP contribution in [-0.2, 0) is 0 Å². The molecule has 1 amide bonds. The highest BCUT2D eigenvalue weighted by Gasteiger charge is 2.17. The van der Waals surface area contributed by atoms with Gasteiger partial charge in [0.1, 0.15) is 0 Å². The van der Waals surface area contributed by atoms with Crippen LogP contribution in [0.1, 0.15) is 36.0 Å². The molecule has 0 unspecified atom stereocenters. The van der Waals surface area contributed by atoms with E-state index in [9.17, 15) is 4.79 Å². The number of hydrogen-bond acceptors (Lipinski definition) is 2. The maximum Gasteiger partial charge on any atom is 0.258 e. The number of carbonyl (C=O) groups excluding carboxylic acids is 1. The van der Waals surface area contributed by atoms with Gasteiger partial charge in [-0.3, -0.25) is 10.1 Å². The zero-order chi connectivity index (χ0) is 13.8.